The third kappa shape index (κ3) is 0.910. The van der Waals surface area contributed by atoms with Gasteiger partial charge >= 0.3 is 0 Å². The number of hydrogen-bond acceptors (Lipinski definition) is 4. The molecule has 46 valence electrons. The van der Waals surface area contributed by atoms with E-state index in [0.29, 0.717) is 0 Å². The highest BCUT2D eigenvalue weighted by molar-refractivity contribution is 6.77. The van der Waals surface area contributed by atoms with Crippen LogP contribution < -0.4 is 0 Å². The predicted molar refractivity (Wildman–Crippen MR) is 31.6 cm³/mol. The molecule has 0 aromatic carbocycles. The average Bonchev–Trinajstić information content (AvgIpc) is 2.13. The van der Waals surface area contributed by atoms with E-state index in [0.717, 1.165) is 6.21 Å². The first kappa shape index (κ1) is 5.81. The summed E-state index contributed by atoms with van der Waals surface area (Å²) in [6.07, 6.45) is 1.02. The molecule has 0 aliphatic carbocycles. The predicted octanol–water partition coefficient (Wildman–Crippen LogP) is -0.415. The molecule has 0 aromatic heterocycles. The van der Waals surface area contributed by atoms with Gasteiger partial charge in [-0.2, -0.15) is 5.10 Å². The molecule has 0 N–H and O–H groups in total. The molecule has 0 atom stereocenters. The van der Waals surface area contributed by atoms with Crippen LogP contribution >= 0.6 is 0 Å². The van der Waals surface area contributed by atoms with Crippen LogP contribution in [0.5, 0.6) is 0 Å². The minimum atomic E-state index is -0.400. The van der Waals surface area contributed by atoms with Gasteiger partial charge in [-0.05, 0) is 0 Å². The van der Waals surface area contributed by atoms with Crippen molar-refractivity contribution < 1.29 is 9.59 Å². The van der Waals surface area contributed by atoms with Gasteiger partial charge in [0.1, 0.15) is 0 Å². The van der Waals surface area contributed by atoms with E-state index in [1.807, 2.05) is 0 Å². The Morgan fingerprint density at radius 2 is 2.33 bits per heavy atom. The monoisotopic (exact) mass is 124 g/mol. The first-order valence-corrected chi connectivity index (χ1v) is 2.38. The van der Waals surface area contributed by atoms with Crippen molar-refractivity contribution in [3.05, 3.63) is 0 Å². The summed E-state index contributed by atoms with van der Waals surface area (Å²) in [5.74, 6) is -0.736. The molecule has 0 fully saturated rings. The molecule has 0 unspecified atom stereocenters. The van der Waals surface area contributed by atoms with Crippen molar-refractivity contribution in [1.29, 1.82) is 0 Å². The topological polar surface area (TPSA) is 58.9 Å². The summed E-state index contributed by atoms with van der Waals surface area (Å²) >= 11 is 0. The molecule has 0 saturated heterocycles. The third-order valence-electron chi connectivity index (χ3n) is 0.900. The molecule has 9 heavy (non-hydrogen) atoms. The van der Waals surface area contributed by atoms with Gasteiger partial charge in [0.05, 0.1) is 6.21 Å². The number of carbonyl (C=O) groups excluding carboxylic acids is 2. The van der Waals surface area contributed by atoms with Crippen LogP contribution in [-0.4, -0.2) is 23.5 Å². The molecular weight excluding hydrogens is 120 g/mol. The lowest BCUT2D eigenvalue weighted by Crippen LogP contribution is -2.18. The lowest BCUT2D eigenvalue weighted by molar-refractivity contribution is -0.113. The summed E-state index contributed by atoms with van der Waals surface area (Å²) in [6.45, 7) is 1.28. The lowest BCUT2D eigenvalue weighted by Gasteiger charge is -1.83. The fourth-order valence-electron chi connectivity index (χ4n) is 0.493. The second-order valence-corrected chi connectivity index (χ2v) is 1.61. The van der Waals surface area contributed by atoms with E-state index in [2.05, 4.69) is 10.2 Å². The van der Waals surface area contributed by atoms with Gasteiger partial charge in [-0.25, -0.2) is 0 Å². The highest BCUT2D eigenvalue weighted by Gasteiger charge is 2.17. The molecule has 0 saturated carbocycles. The van der Waals surface area contributed by atoms with E-state index in [9.17, 15) is 9.59 Å². The van der Waals surface area contributed by atoms with Crippen molar-refractivity contribution in [3.8, 4) is 0 Å². The smallest absolute Gasteiger partial charge is 0.229 e. The fraction of sp³-hybridized carbons (Fsp3) is 0.200. The molecule has 0 aromatic rings. The molecule has 0 amide bonds. The Morgan fingerprint density at radius 1 is 1.67 bits per heavy atom. The van der Waals surface area contributed by atoms with Crippen LogP contribution in [0.2, 0.25) is 0 Å². The molecule has 1 aliphatic heterocycles. The van der Waals surface area contributed by atoms with Crippen LogP contribution in [0.4, 0.5) is 0 Å². The maximum absolute atomic E-state index is 10.5. The number of Topliss-reactive ketones (excluding diaryl/α,β-unsaturated/α-hetero) is 2. The van der Waals surface area contributed by atoms with Crippen LogP contribution in [-0.2, 0) is 9.59 Å². The van der Waals surface area contributed by atoms with E-state index in [4.69, 9.17) is 0 Å². The first-order valence-electron chi connectivity index (χ1n) is 2.38. The Hall–Kier alpha value is -1.32. The van der Waals surface area contributed by atoms with Gasteiger partial charge in [0.2, 0.25) is 5.78 Å². The molecule has 4 nitrogen and oxygen atoms in total. The SMILES string of the molecule is CC(=O)C1=NN=CC1=O. The summed E-state index contributed by atoms with van der Waals surface area (Å²) in [4.78, 5) is 20.9. The maximum atomic E-state index is 10.5. The maximum Gasteiger partial charge on any atom is 0.229 e. The molecule has 0 bridgehead atoms. The molecule has 1 aliphatic rings. The standard InChI is InChI=1S/C5H4N2O2/c1-3(8)5-4(9)2-6-7-5/h2H,1H3. The summed E-state index contributed by atoms with van der Waals surface area (Å²) in [5.41, 5.74) is -0.0741. The lowest BCUT2D eigenvalue weighted by atomic mass is 10.2. The van der Waals surface area contributed by atoms with Gasteiger partial charge in [0.15, 0.2) is 11.5 Å². The Labute approximate surface area is 51.3 Å². The van der Waals surface area contributed by atoms with Gasteiger partial charge in [-0.1, -0.05) is 0 Å². The summed E-state index contributed by atoms with van der Waals surface area (Å²) in [6, 6.07) is 0. The zero-order valence-electron chi connectivity index (χ0n) is 4.79. The molecule has 0 spiro atoms. The number of carbonyl (C=O) groups is 2. The summed E-state index contributed by atoms with van der Waals surface area (Å²) in [5, 5.41) is 6.56. The molecule has 1 heterocycles. The van der Waals surface area contributed by atoms with E-state index in [-0.39, 0.29) is 11.5 Å². The Kier molecular flexibility index (Phi) is 1.22. The highest BCUT2D eigenvalue weighted by atomic mass is 16.2. The van der Waals surface area contributed by atoms with E-state index in [1.54, 1.807) is 0 Å². The zero-order chi connectivity index (χ0) is 6.85. The summed E-state index contributed by atoms with van der Waals surface area (Å²) in [7, 11) is 0. The molecule has 0 radical (unpaired) electrons. The van der Waals surface area contributed by atoms with E-state index < -0.39 is 5.78 Å². The second kappa shape index (κ2) is 1.89. The normalized spacial score (nSPS) is 16.1. The van der Waals surface area contributed by atoms with Gasteiger partial charge < -0.3 is 0 Å². The fourth-order valence-corrected chi connectivity index (χ4v) is 0.493. The minimum absolute atomic E-state index is 0.0741. The number of hydrogen-bond donors (Lipinski definition) is 0. The number of nitrogens with zero attached hydrogens (tertiary/aromatic N) is 2. The Balaban J connectivity index is 2.88. The van der Waals surface area contributed by atoms with Crippen LogP contribution in [0.25, 0.3) is 0 Å². The van der Waals surface area contributed by atoms with E-state index in [1.165, 1.54) is 6.92 Å². The Bertz CT molecular complexity index is 227. The highest BCUT2D eigenvalue weighted by Crippen LogP contribution is 1.91. The van der Waals surface area contributed by atoms with Crippen LogP contribution in [0.3, 0.4) is 0 Å². The number of rotatable bonds is 1. The van der Waals surface area contributed by atoms with Crippen molar-refractivity contribution in [3.63, 3.8) is 0 Å². The van der Waals surface area contributed by atoms with Gasteiger partial charge in [-0.3, -0.25) is 9.59 Å². The van der Waals surface area contributed by atoms with Crippen LogP contribution in [0, 0.1) is 0 Å². The van der Waals surface area contributed by atoms with Gasteiger partial charge in [-0.15, -0.1) is 5.10 Å². The van der Waals surface area contributed by atoms with Crippen molar-refractivity contribution in [2.75, 3.05) is 0 Å². The number of ketones is 2. The molecule has 1 rings (SSSR count). The van der Waals surface area contributed by atoms with Gasteiger partial charge in [0, 0.05) is 6.92 Å². The van der Waals surface area contributed by atoms with Crippen LogP contribution in [0.15, 0.2) is 10.2 Å². The molecule has 4 heteroatoms. The second-order valence-electron chi connectivity index (χ2n) is 1.61. The average molecular weight is 124 g/mol. The minimum Gasteiger partial charge on any atom is -0.293 e. The zero-order valence-corrected chi connectivity index (χ0v) is 4.79. The largest absolute Gasteiger partial charge is 0.293 e. The van der Waals surface area contributed by atoms with Crippen LogP contribution in [0.1, 0.15) is 6.92 Å². The Morgan fingerprint density at radius 3 is 2.56 bits per heavy atom. The quantitative estimate of drug-likeness (QED) is 0.476. The first-order chi connectivity index (χ1) is 4.22. The summed E-state index contributed by atoms with van der Waals surface area (Å²) < 4.78 is 0. The third-order valence-corrected chi connectivity index (χ3v) is 0.900. The van der Waals surface area contributed by atoms with Crippen molar-refractivity contribution >= 4 is 23.5 Å². The van der Waals surface area contributed by atoms with Crippen molar-refractivity contribution in [2.24, 2.45) is 10.2 Å². The van der Waals surface area contributed by atoms with Crippen molar-refractivity contribution in [2.45, 2.75) is 6.92 Å². The van der Waals surface area contributed by atoms with Gasteiger partial charge in [0.25, 0.3) is 0 Å². The molecular formula is C5H4N2O2. The van der Waals surface area contributed by atoms with Crippen molar-refractivity contribution in [1.82, 2.24) is 0 Å². The van der Waals surface area contributed by atoms with E-state index >= 15 is 0 Å².